The molecule has 0 saturated heterocycles. The molecule has 6 atom stereocenters. The molecule has 2 fully saturated rings. The number of alkyl halides is 1. The van der Waals surface area contributed by atoms with Crippen molar-refractivity contribution >= 4 is 9.24 Å². The van der Waals surface area contributed by atoms with Crippen molar-refractivity contribution < 1.29 is 18.6 Å². The molecule has 0 heterocycles. The second-order valence-corrected chi connectivity index (χ2v) is 6.83. The Kier molecular flexibility index (Phi) is 3.37. The Balaban J connectivity index is 1.62. The van der Waals surface area contributed by atoms with Crippen molar-refractivity contribution in [2.45, 2.75) is 30.1 Å². The van der Waals surface area contributed by atoms with Crippen molar-refractivity contribution in [2.24, 2.45) is 17.6 Å². The number of fused-ring (bicyclic) bond motifs is 1. The number of nitrogens with two attached hydrogens (primary N) is 1. The van der Waals surface area contributed by atoms with E-state index in [9.17, 15) is 8.78 Å². The molecule has 3 rings (SSSR count). The Labute approximate surface area is 118 Å². The molecule has 0 radical (unpaired) electrons. The van der Waals surface area contributed by atoms with Crippen LogP contribution in [0.25, 0.3) is 0 Å². The van der Waals surface area contributed by atoms with Gasteiger partial charge in [-0.2, -0.15) is 0 Å². The summed E-state index contributed by atoms with van der Waals surface area (Å²) in [5.41, 5.74) is 5.47. The van der Waals surface area contributed by atoms with Gasteiger partial charge in [-0.15, -0.1) is 9.24 Å². The highest BCUT2D eigenvalue weighted by Gasteiger charge is 2.77. The second-order valence-electron chi connectivity index (χ2n) is 5.83. The summed E-state index contributed by atoms with van der Waals surface area (Å²) in [6.45, 7) is -0.170. The Morgan fingerprint density at radius 1 is 1.40 bits per heavy atom. The van der Waals surface area contributed by atoms with E-state index in [1.165, 1.54) is 12.1 Å². The lowest BCUT2D eigenvalue weighted by atomic mass is 10.0. The van der Waals surface area contributed by atoms with E-state index in [4.69, 9.17) is 15.6 Å². The highest BCUT2D eigenvalue weighted by atomic mass is 31.0. The molecule has 0 amide bonds. The molecular formula is C14H18F2NO2P. The number of ether oxygens (including phenoxy) is 1. The molecule has 0 bridgehead atoms. The van der Waals surface area contributed by atoms with Crippen LogP contribution in [0.2, 0.25) is 0 Å². The first-order valence-electron chi connectivity index (χ1n) is 6.63. The van der Waals surface area contributed by atoms with E-state index in [0.717, 1.165) is 5.56 Å². The highest BCUT2D eigenvalue weighted by molar-refractivity contribution is 7.19. The van der Waals surface area contributed by atoms with Gasteiger partial charge in [-0.05, 0) is 24.1 Å². The maximum atomic E-state index is 14.2. The van der Waals surface area contributed by atoms with Crippen LogP contribution in [0.4, 0.5) is 8.78 Å². The third-order valence-electron chi connectivity index (χ3n) is 4.60. The van der Waals surface area contributed by atoms with Gasteiger partial charge in [0.1, 0.15) is 11.5 Å². The molecule has 0 aliphatic heterocycles. The summed E-state index contributed by atoms with van der Waals surface area (Å²) in [6, 6.07) is 6.05. The van der Waals surface area contributed by atoms with Crippen molar-refractivity contribution in [2.75, 3.05) is 6.61 Å². The van der Waals surface area contributed by atoms with E-state index >= 15 is 0 Å². The monoisotopic (exact) mass is 301 g/mol. The normalized spacial score (nSPS) is 42.5. The molecular weight excluding hydrogens is 283 g/mol. The average Bonchev–Trinajstić information content (AvgIpc) is 2.91. The van der Waals surface area contributed by atoms with Crippen LogP contribution in [0.5, 0.6) is 0 Å². The van der Waals surface area contributed by atoms with Gasteiger partial charge in [0.15, 0.2) is 0 Å². The predicted octanol–water partition coefficient (Wildman–Crippen LogP) is 1.59. The first kappa shape index (κ1) is 14.3. The fourth-order valence-electron chi connectivity index (χ4n) is 3.42. The zero-order valence-electron chi connectivity index (χ0n) is 10.9. The molecule has 0 spiro atoms. The van der Waals surface area contributed by atoms with E-state index < -0.39 is 17.6 Å². The van der Waals surface area contributed by atoms with Crippen molar-refractivity contribution in [3.05, 3.63) is 35.6 Å². The maximum absolute atomic E-state index is 14.2. The first-order chi connectivity index (χ1) is 9.39. The van der Waals surface area contributed by atoms with Gasteiger partial charge in [0, 0.05) is 11.8 Å². The highest BCUT2D eigenvalue weighted by Crippen LogP contribution is 2.68. The van der Waals surface area contributed by atoms with Gasteiger partial charge < -0.3 is 15.6 Å². The van der Waals surface area contributed by atoms with E-state index in [2.05, 4.69) is 9.24 Å². The lowest BCUT2D eigenvalue weighted by Gasteiger charge is -2.32. The number of aliphatic hydroxyl groups is 1. The van der Waals surface area contributed by atoms with Crippen LogP contribution in [0.15, 0.2) is 24.3 Å². The molecule has 6 heteroatoms. The van der Waals surface area contributed by atoms with Crippen molar-refractivity contribution in [1.82, 2.24) is 0 Å². The predicted molar refractivity (Wildman–Crippen MR) is 74.1 cm³/mol. The van der Waals surface area contributed by atoms with Crippen molar-refractivity contribution in [3.63, 3.8) is 0 Å². The zero-order valence-corrected chi connectivity index (χ0v) is 12.1. The van der Waals surface area contributed by atoms with Crippen LogP contribution in [0, 0.1) is 17.7 Å². The number of aliphatic hydroxyl groups excluding tert-OH is 1. The topological polar surface area (TPSA) is 55.5 Å². The summed E-state index contributed by atoms with van der Waals surface area (Å²) in [5, 5.41) is 8.25. The lowest BCUT2D eigenvalue weighted by Crippen LogP contribution is -2.49. The quantitative estimate of drug-likeness (QED) is 0.831. The summed E-state index contributed by atoms with van der Waals surface area (Å²) in [4.78, 5) is 0. The summed E-state index contributed by atoms with van der Waals surface area (Å²) >= 11 is 0. The van der Waals surface area contributed by atoms with Gasteiger partial charge in [0.05, 0.1) is 24.6 Å². The van der Waals surface area contributed by atoms with Gasteiger partial charge in [-0.1, -0.05) is 12.1 Å². The summed E-state index contributed by atoms with van der Waals surface area (Å²) < 4.78 is 32.7. The van der Waals surface area contributed by atoms with Gasteiger partial charge in [0.2, 0.25) is 0 Å². The molecule has 1 unspecified atom stereocenters. The Morgan fingerprint density at radius 2 is 2.05 bits per heavy atom. The molecule has 1 aromatic carbocycles. The number of hydrogen-bond acceptors (Lipinski definition) is 3. The summed E-state index contributed by atoms with van der Waals surface area (Å²) in [7, 11) is 2.48. The van der Waals surface area contributed by atoms with E-state index in [-0.39, 0.29) is 23.8 Å². The van der Waals surface area contributed by atoms with Crippen LogP contribution < -0.4 is 5.73 Å². The molecule has 2 aliphatic rings. The summed E-state index contributed by atoms with van der Waals surface area (Å²) in [5.74, 6) is -0.892. The van der Waals surface area contributed by atoms with Crippen LogP contribution in [-0.4, -0.2) is 28.8 Å². The molecule has 3 N–H and O–H groups in total. The van der Waals surface area contributed by atoms with Crippen LogP contribution in [0.3, 0.4) is 0 Å². The molecule has 3 nitrogen and oxygen atoms in total. The number of halogens is 2. The van der Waals surface area contributed by atoms with Gasteiger partial charge in [-0.3, -0.25) is 0 Å². The smallest absolute Gasteiger partial charge is 0.142 e. The van der Waals surface area contributed by atoms with Crippen molar-refractivity contribution in [3.8, 4) is 0 Å². The van der Waals surface area contributed by atoms with Gasteiger partial charge >= 0.3 is 0 Å². The Hall–Kier alpha value is -0.610. The zero-order chi connectivity index (χ0) is 14.5. The number of benzene rings is 1. The van der Waals surface area contributed by atoms with E-state index in [1.807, 2.05) is 0 Å². The second kappa shape index (κ2) is 4.70. The molecule has 2 aliphatic carbocycles. The largest absolute Gasteiger partial charge is 0.393 e. The molecule has 1 aromatic rings. The lowest BCUT2D eigenvalue weighted by molar-refractivity contribution is -0.00446. The first-order valence-corrected chi connectivity index (χ1v) is 7.21. The molecule has 0 aromatic heterocycles. The minimum Gasteiger partial charge on any atom is -0.393 e. The fraction of sp³-hybridized carbons (Fsp3) is 0.571. The minimum absolute atomic E-state index is 0.229. The maximum Gasteiger partial charge on any atom is 0.142 e. The SMILES string of the molecule is N[C@]1(P)[C@H]2[C@@H](C[C@H]1OCc1ccc(F)cc1)[C@]2(F)CO. The summed E-state index contributed by atoms with van der Waals surface area (Å²) in [6.07, 6.45) is 0.228. The fourth-order valence-corrected chi connectivity index (χ4v) is 4.16. The molecule has 20 heavy (non-hydrogen) atoms. The van der Waals surface area contributed by atoms with Crippen molar-refractivity contribution in [1.29, 1.82) is 0 Å². The Bertz CT molecular complexity index is 510. The van der Waals surface area contributed by atoms with Crippen LogP contribution in [0.1, 0.15) is 12.0 Å². The standard InChI is InChI=1S/C14H18F2NO2P/c15-9-3-1-8(2-4-9)6-19-11-5-10-12(14(11,17)20)13(10,16)7-18/h1-4,10-12,18H,5-7,17,20H2/t10-,11-,12+,13-,14-/m1/s1. The van der Waals surface area contributed by atoms with Gasteiger partial charge in [0.25, 0.3) is 0 Å². The molecule has 2 saturated carbocycles. The van der Waals surface area contributed by atoms with E-state index in [1.54, 1.807) is 12.1 Å². The van der Waals surface area contributed by atoms with Crippen LogP contribution >= 0.6 is 9.24 Å². The third-order valence-corrected chi connectivity index (χ3v) is 5.33. The Morgan fingerprint density at radius 3 is 2.55 bits per heavy atom. The average molecular weight is 301 g/mol. The third kappa shape index (κ3) is 2.08. The number of rotatable bonds is 4. The molecule has 110 valence electrons. The number of hydrogen-bond donors (Lipinski definition) is 2. The van der Waals surface area contributed by atoms with Gasteiger partial charge in [-0.25, -0.2) is 8.78 Å². The van der Waals surface area contributed by atoms with Crippen LogP contribution in [-0.2, 0) is 11.3 Å². The minimum atomic E-state index is -1.55. The van der Waals surface area contributed by atoms with E-state index in [0.29, 0.717) is 13.0 Å².